The van der Waals surface area contributed by atoms with Crippen molar-refractivity contribution in [2.75, 3.05) is 6.54 Å². The van der Waals surface area contributed by atoms with E-state index in [1.165, 1.54) is 12.1 Å². The highest BCUT2D eigenvalue weighted by atomic mass is 79.9. The molecule has 0 aromatic heterocycles. The lowest BCUT2D eigenvalue weighted by molar-refractivity contribution is -0.385. The molecule has 20 heavy (non-hydrogen) atoms. The van der Waals surface area contributed by atoms with Crippen molar-refractivity contribution in [2.24, 2.45) is 5.92 Å². The van der Waals surface area contributed by atoms with E-state index in [4.69, 9.17) is 0 Å². The SMILES string of the molecule is CC(C)CC(O)CNC(=O)c1ccc(Br)cc1[N+](=O)[O-]. The van der Waals surface area contributed by atoms with E-state index in [1.54, 1.807) is 6.07 Å². The van der Waals surface area contributed by atoms with Gasteiger partial charge in [0.2, 0.25) is 0 Å². The van der Waals surface area contributed by atoms with Gasteiger partial charge in [-0.1, -0.05) is 29.8 Å². The molecule has 0 saturated heterocycles. The van der Waals surface area contributed by atoms with Gasteiger partial charge in [-0.3, -0.25) is 14.9 Å². The number of nitrogens with one attached hydrogen (secondary N) is 1. The first-order valence-corrected chi connectivity index (χ1v) is 7.00. The predicted molar refractivity (Wildman–Crippen MR) is 78.6 cm³/mol. The van der Waals surface area contributed by atoms with Crippen LogP contribution in [-0.4, -0.2) is 28.6 Å². The normalized spacial score (nSPS) is 12.2. The summed E-state index contributed by atoms with van der Waals surface area (Å²) in [4.78, 5) is 22.2. The summed E-state index contributed by atoms with van der Waals surface area (Å²) in [5, 5.41) is 23.1. The largest absolute Gasteiger partial charge is 0.391 e. The Morgan fingerprint density at radius 1 is 1.50 bits per heavy atom. The van der Waals surface area contributed by atoms with Crippen LogP contribution in [0.15, 0.2) is 22.7 Å². The summed E-state index contributed by atoms with van der Waals surface area (Å²) >= 11 is 3.13. The van der Waals surface area contributed by atoms with Crippen molar-refractivity contribution in [3.05, 3.63) is 38.3 Å². The molecule has 0 aliphatic carbocycles. The number of benzene rings is 1. The van der Waals surface area contributed by atoms with Crippen molar-refractivity contribution >= 4 is 27.5 Å². The van der Waals surface area contributed by atoms with Gasteiger partial charge in [0.15, 0.2) is 0 Å². The third-order valence-corrected chi connectivity index (χ3v) is 3.14. The fraction of sp³-hybridized carbons (Fsp3) is 0.462. The van der Waals surface area contributed by atoms with E-state index in [2.05, 4.69) is 21.2 Å². The van der Waals surface area contributed by atoms with Gasteiger partial charge in [-0.05, 0) is 24.5 Å². The highest BCUT2D eigenvalue weighted by molar-refractivity contribution is 9.10. The van der Waals surface area contributed by atoms with Crippen LogP contribution in [0.4, 0.5) is 5.69 Å². The Kier molecular flexibility index (Phi) is 6.09. The van der Waals surface area contributed by atoms with Gasteiger partial charge in [-0.25, -0.2) is 0 Å². The molecule has 0 radical (unpaired) electrons. The van der Waals surface area contributed by atoms with Crippen LogP contribution in [0.3, 0.4) is 0 Å². The van der Waals surface area contributed by atoms with E-state index in [9.17, 15) is 20.0 Å². The second-order valence-electron chi connectivity index (χ2n) is 4.91. The zero-order valence-corrected chi connectivity index (χ0v) is 12.9. The fourth-order valence-electron chi connectivity index (χ4n) is 1.78. The number of hydrogen-bond acceptors (Lipinski definition) is 4. The third-order valence-electron chi connectivity index (χ3n) is 2.64. The van der Waals surface area contributed by atoms with E-state index in [1.807, 2.05) is 13.8 Å². The first kappa shape index (κ1) is 16.6. The molecule has 110 valence electrons. The molecule has 1 aromatic rings. The molecule has 2 N–H and O–H groups in total. The minimum atomic E-state index is -0.659. The Bertz CT molecular complexity index is 505. The van der Waals surface area contributed by atoms with E-state index < -0.39 is 16.9 Å². The molecule has 0 aliphatic heterocycles. The molecule has 0 bridgehead atoms. The number of halogens is 1. The lowest BCUT2D eigenvalue weighted by Gasteiger charge is -2.13. The Morgan fingerprint density at radius 2 is 2.15 bits per heavy atom. The molecule has 0 heterocycles. The predicted octanol–water partition coefficient (Wildman–Crippen LogP) is 2.49. The van der Waals surface area contributed by atoms with Gasteiger partial charge in [-0.15, -0.1) is 0 Å². The van der Waals surface area contributed by atoms with Crippen LogP contribution in [0, 0.1) is 16.0 Å². The molecule has 0 spiro atoms. The third kappa shape index (κ3) is 4.90. The number of nitro benzene ring substituents is 1. The Labute approximate surface area is 125 Å². The first-order valence-electron chi connectivity index (χ1n) is 6.21. The van der Waals surface area contributed by atoms with Crippen LogP contribution in [0.5, 0.6) is 0 Å². The quantitative estimate of drug-likeness (QED) is 0.612. The minimum absolute atomic E-state index is 0.0186. The van der Waals surface area contributed by atoms with Crippen LogP contribution < -0.4 is 5.32 Å². The number of carbonyl (C=O) groups is 1. The lowest BCUT2D eigenvalue weighted by Crippen LogP contribution is -2.33. The van der Waals surface area contributed by atoms with Gasteiger partial charge < -0.3 is 10.4 Å². The minimum Gasteiger partial charge on any atom is -0.391 e. The highest BCUT2D eigenvalue weighted by Crippen LogP contribution is 2.23. The molecule has 0 aliphatic rings. The Balaban J connectivity index is 2.75. The van der Waals surface area contributed by atoms with Crippen molar-refractivity contribution in [1.82, 2.24) is 5.32 Å². The number of nitrogens with zero attached hydrogens (tertiary/aromatic N) is 1. The summed E-state index contributed by atoms with van der Waals surface area (Å²) < 4.78 is 0.528. The number of nitro groups is 1. The van der Waals surface area contributed by atoms with Crippen molar-refractivity contribution in [3.8, 4) is 0 Å². The van der Waals surface area contributed by atoms with Crippen molar-refractivity contribution < 1.29 is 14.8 Å². The second kappa shape index (κ2) is 7.35. The Hall–Kier alpha value is -1.47. The molecule has 7 heteroatoms. The van der Waals surface area contributed by atoms with Crippen molar-refractivity contribution in [2.45, 2.75) is 26.4 Å². The summed E-state index contributed by atoms with van der Waals surface area (Å²) in [6.45, 7) is 4.00. The average molecular weight is 345 g/mol. The number of aliphatic hydroxyl groups is 1. The maximum atomic E-state index is 11.9. The lowest BCUT2D eigenvalue weighted by atomic mass is 10.1. The van der Waals surface area contributed by atoms with Gasteiger partial charge in [-0.2, -0.15) is 0 Å². The topological polar surface area (TPSA) is 92.5 Å². The summed E-state index contributed by atoms with van der Waals surface area (Å²) in [7, 11) is 0. The summed E-state index contributed by atoms with van der Waals surface area (Å²) in [5.41, 5.74) is -0.287. The maximum absolute atomic E-state index is 11.9. The Morgan fingerprint density at radius 3 is 2.70 bits per heavy atom. The zero-order valence-electron chi connectivity index (χ0n) is 11.3. The van der Waals surface area contributed by atoms with Gasteiger partial charge in [0.25, 0.3) is 11.6 Å². The van der Waals surface area contributed by atoms with Crippen molar-refractivity contribution in [1.29, 1.82) is 0 Å². The van der Waals surface area contributed by atoms with Crippen LogP contribution in [0.2, 0.25) is 0 Å². The smallest absolute Gasteiger partial charge is 0.283 e. The van der Waals surface area contributed by atoms with E-state index in [-0.39, 0.29) is 17.8 Å². The standard InChI is InChI=1S/C13H17BrN2O4/c1-8(2)5-10(17)7-15-13(18)11-4-3-9(14)6-12(11)16(19)20/h3-4,6,8,10,17H,5,7H2,1-2H3,(H,15,18). The van der Waals surface area contributed by atoms with Crippen LogP contribution >= 0.6 is 15.9 Å². The highest BCUT2D eigenvalue weighted by Gasteiger charge is 2.20. The van der Waals surface area contributed by atoms with Crippen LogP contribution in [0.25, 0.3) is 0 Å². The fourth-order valence-corrected chi connectivity index (χ4v) is 2.13. The monoisotopic (exact) mass is 344 g/mol. The van der Waals surface area contributed by atoms with E-state index >= 15 is 0 Å². The van der Waals surface area contributed by atoms with E-state index in [0.29, 0.717) is 16.8 Å². The van der Waals surface area contributed by atoms with E-state index in [0.717, 1.165) is 0 Å². The average Bonchev–Trinajstić information content (AvgIpc) is 2.35. The molecular weight excluding hydrogens is 328 g/mol. The van der Waals surface area contributed by atoms with Gasteiger partial charge in [0.1, 0.15) is 5.56 Å². The number of rotatable bonds is 6. The van der Waals surface area contributed by atoms with Crippen LogP contribution in [0.1, 0.15) is 30.6 Å². The number of amides is 1. The molecule has 0 saturated carbocycles. The van der Waals surface area contributed by atoms with Crippen LogP contribution in [-0.2, 0) is 0 Å². The molecule has 0 fully saturated rings. The number of carbonyl (C=O) groups excluding carboxylic acids is 1. The van der Waals surface area contributed by atoms with Crippen molar-refractivity contribution in [3.63, 3.8) is 0 Å². The number of hydrogen-bond donors (Lipinski definition) is 2. The summed E-state index contributed by atoms with van der Waals surface area (Å²) in [6.07, 6.45) is -0.101. The zero-order chi connectivity index (χ0) is 15.3. The molecule has 1 atom stereocenters. The first-order chi connectivity index (χ1) is 9.31. The molecule has 6 nitrogen and oxygen atoms in total. The van der Waals surface area contributed by atoms with Gasteiger partial charge in [0, 0.05) is 17.1 Å². The van der Waals surface area contributed by atoms with Gasteiger partial charge in [0.05, 0.1) is 11.0 Å². The maximum Gasteiger partial charge on any atom is 0.283 e. The second-order valence-corrected chi connectivity index (χ2v) is 5.83. The molecule has 1 amide bonds. The van der Waals surface area contributed by atoms with Gasteiger partial charge >= 0.3 is 0 Å². The molecule has 1 aromatic carbocycles. The molecule has 1 rings (SSSR count). The molecular formula is C13H17BrN2O4. The summed E-state index contributed by atoms with van der Waals surface area (Å²) in [6, 6.07) is 4.22. The number of aliphatic hydroxyl groups excluding tert-OH is 1. The summed E-state index contributed by atoms with van der Waals surface area (Å²) in [5.74, 6) is -0.254. The molecule has 1 unspecified atom stereocenters.